The highest BCUT2D eigenvalue weighted by atomic mass is 127. The van der Waals surface area contributed by atoms with E-state index in [1.54, 1.807) is 11.2 Å². The largest absolute Gasteiger partial charge is 0.469 e. The molecular formula is C23H37IN4O4. The molecule has 3 atom stereocenters. The van der Waals surface area contributed by atoms with Gasteiger partial charge < -0.3 is 29.4 Å². The van der Waals surface area contributed by atoms with E-state index in [1.807, 2.05) is 19.1 Å². The summed E-state index contributed by atoms with van der Waals surface area (Å²) in [5, 5.41) is 7.35. The number of hydrogen-bond acceptors (Lipinski definition) is 5. The van der Waals surface area contributed by atoms with Crippen molar-refractivity contribution in [2.45, 2.75) is 64.6 Å². The Morgan fingerprint density at radius 1 is 1.28 bits per heavy atom. The van der Waals surface area contributed by atoms with E-state index in [2.05, 4.69) is 24.5 Å². The van der Waals surface area contributed by atoms with Crippen LogP contribution in [-0.2, 0) is 15.9 Å². The van der Waals surface area contributed by atoms with Gasteiger partial charge in [-0.15, -0.1) is 24.0 Å². The van der Waals surface area contributed by atoms with Gasteiger partial charge in [-0.25, -0.2) is 4.79 Å². The monoisotopic (exact) mass is 560 g/mol. The maximum Gasteiger partial charge on any atom is 0.409 e. The summed E-state index contributed by atoms with van der Waals surface area (Å²) >= 11 is 0. The van der Waals surface area contributed by atoms with Gasteiger partial charge in [0.15, 0.2) is 5.96 Å². The van der Waals surface area contributed by atoms with Gasteiger partial charge in [-0.1, -0.05) is 13.8 Å². The van der Waals surface area contributed by atoms with Crippen molar-refractivity contribution in [3.63, 3.8) is 0 Å². The standard InChI is InChI=1S/C23H36N4O4.HI/c1-4-29-22(28)27-12-8-16(9-13-27)25-21(24-11-7-17-6-5-14-30-17)26-19-18-10-15-31-20(18)23(19,2)3;/h5-6,14,16,18-20H,4,7-13,15H2,1-3H3,(H2,24,25,26);1H. The number of rotatable bonds is 6. The van der Waals surface area contributed by atoms with E-state index >= 15 is 0 Å². The van der Waals surface area contributed by atoms with Crippen LogP contribution < -0.4 is 10.6 Å². The average Bonchev–Trinajstić information content (AvgIpc) is 3.43. The van der Waals surface area contributed by atoms with Crippen molar-refractivity contribution >= 4 is 36.0 Å². The van der Waals surface area contributed by atoms with E-state index in [0.717, 1.165) is 44.0 Å². The summed E-state index contributed by atoms with van der Waals surface area (Å²) in [6.45, 7) is 9.70. The van der Waals surface area contributed by atoms with Crippen molar-refractivity contribution < 1.29 is 18.7 Å². The van der Waals surface area contributed by atoms with Crippen LogP contribution in [0.1, 0.15) is 45.8 Å². The molecule has 2 saturated heterocycles. The molecule has 180 valence electrons. The first-order valence-electron chi connectivity index (χ1n) is 11.6. The Hall–Kier alpha value is -1.49. The first-order valence-corrected chi connectivity index (χ1v) is 11.6. The van der Waals surface area contributed by atoms with Gasteiger partial charge in [0.1, 0.15) is 5.76 Å². The third-order valence-corrected chi connectivity index (χ3v) is 6.96. The molecule has 3 fully saturated rings. The number of fused-ring (bicyclic) bond motifs is 1. The Morgan fingerprint density at radius 2 is 2.06 bits per heavy atom. The van der Waals surface area contributed by atoms with E-state index in [1.165, 1.54) is 0 Å². The molecule has 32 heavy (non-hydrogen) atoms. The zero-order chi connectivity index (χ0) is 21.8. The molecule has 1 aromatic heterocycles. The normalized spacial score (nSPS) is 27.2. The molecule has 9 heteroatoms. The number of nitrogens with one attached hydrogen (secondary N) is 2. The lowest BCUT2D eigenvalue weighted by atomic mass is 9.57. The number of halogens is 1. The van der Waals surface area contributed by atoms with Crippen LogP contribution in [0.15, 0.2) is 27.8 Å². The third kappa shape index (κ3) is 5.52. The predicted octanol–water partition coefficient (Wildman–Crippen LogP) is 3.41. The van der Waals surface area contributed by atoms with Crippen molar-refractivity contribution in [2.75, 3.05) is 32.8 Å². The molecule has 0 radical (unpaired) electrons. The molecule has 1 aromatic rings. The predicted molar refractivity (Wildman–Crippen MR) is 133 cm³/mol. The first kappa shape index (κ1) is 25.1. The Bertz CT molecular complexity index is 762. The fourth-order valence-corrected chi connectivity index (χ4v) is 5.24. The molecule has 4 rings (SSSR count). The fourth-order valence-electron chi connectivity index (χ4n) is 5.24. The minimum absolute atomic E-state index is 0. The summed E-state index contributed by atoms with van der Waals surface area (Å²) in [4.78, 5) is 18.6. The average molecular weight is 560 g/mol. The lowest BCUT2D eigenvalue weighted by Crippen LogP contribution is -2.68. The summed E-state index contributed by atoms with van der Waals surface area (Å²) in [6, 6.07) is 4.51. The summed E-state index contributed by atoms with van der Waals surface area (Å²) in [5.74, 6) is 2.33. The minimum atomic E-state index is -0.213. The lowest BCUT2D eigenvalue weighted by molar-refractivity contribution is -0.106. The first-order chi connectivity index (χ1) is 15.0. The van der Waals surface area contributed by atoms with Gasteiger partial charge in [0, 0.05) is 56.1 Å². The van der Waals surface area contributed by atoms with Gasteiger partial charge in [-0.3, -0.25) is 4.99 Å². The van der Waals surface area contributed by atoms with E-state index in [4.69, 9.17) is 18.9 Å². The summed E-state index contributed by atoms with van der Waals surface area (Å²) in [5.41, 5.74) is 0.0813. The number of guanidine groups is 1. The van der Waals surface area contributed by atoms with Crippen LogP contribution in [-0.4, -0.2) is 68.0 Å². The number of ether oxygens (including phenoxy) is 2. The summed E-state index contributed by atoms with van der Waals surface area (Å²) < 4.78 is 16.5. The van der Waals surface area contributed by atoms with Crippen LogP contribution in [0.5, 0.6) is 0 Å². The number of nitrogens with zero attached hydrogens (tertiary/aromatic N) is 2. The van der Waals surface area contributed by atoms with Crippen LogP contribution >= 0.6 is 24.0 Å². The molecule has 2 N–H and O–H groups in total. The number of likely N-dealkylation sites (tertiary alicyclic amines) is 1. The third-order valence-electron chi connectivity index (χ3n) is 6.96. The van der Waals surface area contributed by atoms with Gasteiger partial charge >= 0.3 is 6.09 Å². The smallest absolute Gasteiger partial charge is 0.409 e. The van der Waals surface area contributed by atoms with Gasteiger partial charge in [0.2, 0.25) is 0 Å². The summed E-state index contributed by atoms with van der Waals surface area (Å²) in [6.07, 6.45) is 5.44. The van der Waals surface area contributed by atoms with E-state index < -0.39 is 0 Å². The molecule has 3 aliphatic rings. The highest BCUT2D eigenvalue weighted by molar-refractivity contribution is 14.0. The highest BCUT2D eigenvalue weighted by Crippen LogP contribution is 2.52. The molecule has 0 spiro atoms. The van der Waals surface area contributed by atoms with Crippen molar-refractivity contribution in [3.05, 3.63) is 24.2 Å². The van der Waals surface area contributed by atoms with Gasteiger partial charge in [-0.05, 0) is 38.3 Å². The molecule has 1 aliphatic carbocycles. The van der Waals surface area contributed by atoms with Crippen LogP contribution in [0.25, 0.3) is 0 Å². The Labute approximate surface area is 207 Å². The van der Waals surface area contributed by atoms with Crippen molar-refractivity contribution in [2.24, 2.45) is 16.3 Å². The summed E-state index contributed by atoms with van der Waals surface area (Å²) in [7, 11) is 0. The molecule has 1 amide bonds. The van der Waals surface area contributed by atoms with Gasteiger partial charge in [0.25, 0.3) is 0 Å². The van der Waals surface area contributed by atoms with Gasteiger partial charge in [-0.2, -0.15) is 0 Å². The van der Waals surface area contributed by atoms with Crippen LogP contribution in [0, 0.1) is 11.3 Å². The maximum absolute atomic E-state index is 12.0. The van der Waals surface area contributed by atoms with Crippen LogP contribution in [0.2, 0.25) is 0 Å². The number of piperidine rings is 1. The van der Waals surface area contributed by atoms with E-state index in [-0.39, 0.29) is 41.5 Å². The molecule has 3 heterocycles. The second-order valence-corrected chi connectivity index (χ2v) is 9.35. The Kier molecular flexibility index (Phi) is 8.71. The number of carbonyl (C=O) groups is 1. The SMILES string of the molecule is CCOC(=O)N1CCC(NC(=NCCc2ccco2)NC2C3CCOC3C2(C)C)CC1.I. The van der Waals surface area contributed by atoms with E-state index in [0.29, 0.717) is 44.3 Å². The van der Waals surface area contributed by atoms with Crippen molar-refractivity contribution in [1.29, 1.82) is 0 Å². The van der Waals surface area contributed by atoms with Crippen molar-refractivity contribution in [1.82, 2.24) is 15.5 Å². The minimum Gasteiger partial charge on any atom is -0.469 e. The highest BCUT2D eigenvalue weighted by Gasteiger charge is 2.59. The van der Waals surface area contributed by atoms with Crippen LogP contribution in [0.4, 0.5) is 4.79 Å². The molecule has 1 saturated carbocycles. The number of furan rings is 1. The second kappa shape index (κ2) is 11.1. The molecule has 2 aliphatic heterocycles. The van der Waals surface area contributed by atoms with Crippen LogP contribution in [0.3, 0.4) is 0 Å². The molecule has 3 unspecified atom stereocenters. The topological polar surface area (TPSA) is 88.3 Å². The number of aliphatic imine (C=N–C) groups is 1. The van der Waals surface area contributed by atoms with E-state index in [9.17, 15) is 4.79 Å². The number of amides is 1. The molecular weight excluding hydrogens is 523 g/mol. The zero-order valence-electron chi connectivity index (χ0n) is 19.3. The lowest BCUT2D eigenvalue weighted by Gasteiger charge is -2.55. The zero-order valence-corrected chi connectivity index (χ0v) is 21.7. The quantitative estimate of drug-likeness (QED) is 0.315. The van der Waals surface area contributed by atoms with Crippen molar-refractivity contribution in [3.8, 4) is 0 Å². The number of hydrogen-bond donors (Lipinski definition) is 2. The Balaban J connectivity index is 0.00000289. The maximum atomic E-state index is 12.0. The molecule has 8 nitrogen and oxygen atoms in total. The molecule has 0 aromatic carbocycles. The Morgan fingerprint density at radius 3 is 2.75 bits per heavy atom. The second-order valence-electron chi connectivity index (χ2n) is 9.35. The number of carbonyl (C=O) groups excluding carboxylic acids is 1. The fraction of sp³-hybridized carbons (Fsp3) is 0.739. The van der Waals surface area contributed by atoms with Gasteiger partial charge in [0.05, 0.1) is 19.0 Å². The molecule has 0 bridgehead atoms.